The zero-order chi connectivity index (χ0) is 15.4. The summed E-state index contributed by atoms with van der Waals surface area (Å²) in [5.41, 5.74) is 1.20. The molecule has 116 valence electrons. The third kappa shape index (κ3) is 3.67. The number of H-pyrrole nitrogens is 1. The molecule has 7 nitrogen and oxygen atoms in total. The lowest BCUT2D eigenvalue weighted by Crippen LogP contribution is -2.41. The SMILES string of the molecule is Cc1nc(CC(=O)N[C@H]2COC[C@H]2Cc2ccncc2)n[nH]1. The zero-order valence-electron chi connectivity index (χ0n) is 12.5. The van der Waals surface area contributed by atoms with Gasteiger partial charge in [-0.25, -0.2) is 4.98 Å². The number of aryl methyl sites for hydroxylation is 1. The van der Waals surface area contributed by atoms with Crippen molar-refractivity contribution in [1.82, 2.24) is 25.5 Å². The fraction of sp³-hybridized carbons (Fsp3) is 0.467. The molecule has 1 amide bonds. The number of carbonyl (C=O) groups is 1. The molecule has 2 aromatic rings. The van der Waals surface area contributed by atoms with Gasteiger partial charge in [0.1, 0.15) is 5.82 Å². The van der Waals surface area contributed by atoms with Crippen LogP contribution < -0.4 is 5.32 Å². The molecule has 2 atom stereocenters. The normalized spacial score (nSPS) is 21.0. The zero-order valence-corrected chi connectivity index (χ0v) is 12.5. The Hall–Kier alpha value is -2.28. The van der Waals surface area contributed by atoms with Gasteiger partial charge in [-0.05, 0) is 31.0 Å². The Morgan fingerprint density at radius 3 is 2.95 bits per heavy atom. The summed E-state index contributed by atoms with van der Waals surface area (Å²) in [5.74, 6) is 1.43. The van der Waals surface area contributed by atoms with Crippen LogP contribution in [0, 0.1) is 12.8 Å². The second kappa shape index (κ2) is 6.65. The van der Waals surface area contributed by atoms with Gasteiger partial charge in [0.15, 0.2) is 5.82 Å². The van der Waals surface area contributed by atoms with E-state index < -0.39 is 0 Å². The molecule has 0 saturated carbocycles. The molecule has 1 aliphatic heterocycles. The van der Waals surface area contributed by atoms with E-state index in [0.29, 0.717) is 24.9 Å². The lowest BCUT2D eigenvalue weighted by Gasteiger charge is -2.18. The molecule has 2 aromatic heterocycles. The summed E-state index contributed by atoms with van der Waals surface area (Å²) in [6.45, 7) is 3.02. The van der Waals surface area contributed by atoms with Gasteiger partial charge in [-0.15, -0.1) is 0 Å². The Kier molecular flexibility index (Phi) is 4.43. The van der Waals surface area contributed by atoms with E-state index >= 15 is 0 Å². The molecule has 0 aliphatic carbocycles. The molecule has 0 bridgehead atoms. The van der Waals surface area contributed by atoms with E-state index in [1.165, 1.54) is 5.56 Å². The van der Waals surface area contributed by atoms with Crippen LogP contribution in [-0.4, -0.2) is 45.3 Å². The van der Waals surface area contributed by atoms with Crippen molar-refractivity contribution in [3.63, 3.8) is 0 Å². The Bertz CT molecular complexity index is 628. The summed E-state index contributed by atoms with van der Waals surface area (Å²) >= 11 is 0. The highest BCUT2D eigenvalue weighted by Gasteiger charge is 2.29. The van der Waals surface area contributed by atoms with Crippen molar-refractivity contribution in [2.45, 2.75) is 25.8 Å². The minimum absolute atomic E-state index is 0.0284. The van der Waals surface area contributed by atoms with Gasteiger partial charge in [-0.1, -0.05) is 0 Å². The van der Waals surface area contributed by atoms with Crippen molar-refractivity contribution < 1.29 is 9.53 Å². The maximum atomic E-state index is 12.1. The second-order valence-corrected chi connectivity index (χ2v) is 5.54. The number of rotatable bonds is 5. The standard InChI is InChI=1S/C15H19N5O2/c1-10-17-14(20-19-10)7-15(21)18-13-9-22-8-12(13)6-11-2-4-16-5-3-11/h2-5,12-13H,6-9H2,1H3,(H,18,21)(H,17,19,20)/t12-,13+/m1/s1. The smallest absolute Gasteiger partial charge is 0.228 e. The van der Waals surface area contributed by atoms with Crippen LogP contribution in [0.5, 0.6) is 0 Å². The number of aromatic amines is 1. The summed E-state index contributed by atoms with van der Waals surface area (Å²) in [6, 6.07) is 4.02. The number of nitrogens with one attached hydrogen (secondary N) is 2. The van der Waals surface area contributed by atoms with Crippen LogP contribution in [0.2, 0.25) is 0 Å². The topological polar surface area (TPSA) is 92.8 Å². The summed E-state index contributed by atoms with van der Waals surface area (Å²) < 4.78 is 5.53. The molecule has 22 heavy (non-hydrogen) atoms. The predicted molar refractivity (Wildman–Crippen MR) is 79.0 cm³/mol. The highest BCUT2D eigenvalue weighted by Crippen LogP contribution is 2.19. The average Bonchev–Trinajstić information content (AvgIpc) is 3.10. The van der Waals surface area contributed by atoms with Gasteiger partial charge < -0.3 is 10.1 Å². The Morgan fingerprint density at radius 2 is 2.23 bits per heavy atom. The number of pyridine rings is 1. The van der Waals surface area contributed by atoms with Crippen molar-refractivity contribution in [3.05, 3.63) is 41.7 Å². The first kappa shape index (κ1) is 14.6. The van der Waals surface area contributed by atoms with Crippen molar-refractivity contribution in [2.24, 2.45) is 5.92 Å². The molecular weight excluding hydrogens is 282 g/mol. The van der Waals surface area contributed by atoms with E-state index in [1.54, 1.807) is 12.4 Å². The van der Waals surface area contributed by atoms with Crippen molar-refractivity contribution >= 4 is 5.91 Å². The number of hydrogen-bond donors (Lipinski definition) is 2. The van der Waals surface area contributed by atoms with E-state index in [-0.39, 0.29) is 24.3 Å². The summed E-state index contributed by atoms with van der Waals surface area (Å²) in [6.07, 6.45) is 4.62. The summed E-state index contributed by atoms with van der Waals surface area (Å²) in [4.78, 5) is 20.3. The molecule has 0 radical (unpaired) electrons. The highest BCUT2D eigenvalue weighted by molar-refractivity contribution is 5.78. The van der Waals surface area contributed by atoms with E-state index in [1.807, 2.05) is 19.1 Å². The van der Waals surface area contributed by atoms with E-state index in [4.69, 9.17) is 4.74 Å². The number of aromatic nitrogens is 4. The number of amides is 1. The fourth-order valence-corrected chi connectivity index (χ4v) is 2.65. The first-order valence-corrected chi connectivity index (χ1v) is 7.34. The van der Waals surface area contributed by atoms with Gasteiger partial charge in [0.2, 0.25) is 5.91 Å². The number of ether oxygens (including phenoxy) is 1. The van der Waals surface area contributed by atoms with E-state index in [9.17, 15) is 4.79 Å². The highest BCUT2D eigenvalue weighted by atomic mass is 16.5. The monoisotopic (exact) mass is 301 g/mol. The Labute approximate surface area is 128 Å². The van der Waals surface area contributed by atoms with Gasteiger partial charge >= 0.3 is 0 Å². The van der Waals surface area contributed by atoms with Crippen molar-refractivity contribution in [3.8, 4) is 0 Å². The summed E-state index contributed by atoms with van der Waals surface area (Å²) in [7, 11) is 0. The molecule has 3 heterocycles. The van der Waals surface area contributed by atoms with Crippen LogP contribution in [-0.2, 0) is 22.4 Å². The van der Waals surface area contributed by atoms with Gasteiger partial charge in [-0.3, -0.25) is 14.9 Å². The Morgan fingerprint density at radius 1 is 1.41 bits per heavy atom. The molecule has 0 aromatic carbocycles. The molecule has 0 spiro atoms. The van der Waals surface area contributed by atoms with Gasteiger partial charge in [0.05, 0.1) is 25.7 Å². The van der Waals surface area contributed by atoms with Crippen LogP contribution >= 0.6 is 0 Å². The molecule has 7 heteroatoms. The fourth-order valence-electron chi connectivity index (χ4n) is 2.65. The molecule has 2 N–H and O–H groups in total. The van der Waals surface area contributed by atoms with Crippen LogP contribution in [0.25, 0.3) is 0 Å². The van der Waals surface area contributed by atoms with Crippen LogP contribution in [0.1, 0.15) is 17.2 Å². The van der Waals surface area contributed by atoms with E-state index in [0.717, 1.165) is 6.42 Å². The molecule has 0 unspecified atom stereocenters. The van der Waals surface area contributed by atoms with Crippen LogP contribution in [0.4, 0.5) is 0 Å². The molecule has 1 aliphatic rings. The third-order valence-corrected chi connectivity index (χ3v) is 3.75. The van der Waals surface area contributed by atoms with Crippen molar-refractivity contribution in [1.29, 1.82) is 0 Å². The molecule has 1 fully saturated rings. The first-order valence-electron chi connectivity index (χ1n) is 7.34. The molecular formula is C15H19N5O2. The van der Waals surface area contributed by atoms with Gasteiger partial charge in [0.25, 0.3) is 0 Å². The average molecular weight is 301 g/mol. The quantitative estimate of drug-likeness (QED) is 0.835. The lowest BCUT2D eigenvalue weighted by molar-refractivity contribution is -0.121. The third-order valence-electron chi connectivity index (χ3n) is 3.75. The summed E-state index contributed by atoms with van der Waals surface area (Å²) in [5, 5.41) is 9.75. The van der Waals surface area contributed by atoms with E-state index in [2.05, 4.69) is 25.5 Å². The maximum absolute atomic E-state index is 12.1. The number of hydrogen-bond acceptors (Lipinski definition) is 5. The first-order chi connectivity index (χ1) is 10.7. The molecule has 1 saturated heterocycles. The minimum atomic E-state index is -0.0748. The maximum Gasteiger partial charge on any atom is 0.228 e. The Balaban J connectivity index is 1.55. The number of nitrogens with zero attached hydrogens (tertiary/aromatic N) is 3. The van der Waals surface area contributed by atoms with Gasteiger partial charge in [-0.2, -0.15) is 5.10 Å². The number of carbonyl (C=O) groups excluding carboxylic acids is 1. The lowest BCUT2D eigenvalue weighted by atomic mass is 9.95. The predicted octanol–water partition coefficient (Wildman–Crippen LogP) is 0.425. The largest absolute Gasteiger partial charge is 0.379 e. The molecule has 3 rings (SSSR count). The van der Waals surface area contributed by atoms with Gasteiger partial charge in [0, 0.05) is 18.3 Å². The van der Waals surface area contributed by atoms with Crippen molar-refractivity contribution in [2.75, 3.05) is 13.2 Å². The second-order valence-electron chi connectivity index (χ2n) is 5.54. The van der Waals surface area contributed by atoms with Crippen LogP contribution in [0.15, 0.2) is 24.5 Å². The van der Waals surface area contributed by atoms with Crippen LogP contribution in [0.3, 0.4) is 0 Å². The minimum Gasteiger partial charge on any atom is -0.379 e.